The van der Waals surface area contributed by atoms with Gasteiger partial charge in [0, 0.05) is 22.6 Å². The first-order chi connectivity index (χ1) is 18.0. The van der Waals surface area contributed by atoms with E-state index in [-0.39, 0.29) is 29.1 Å². The van der Waals surface area contributed by atoms with E-state index in [1.54, 1.807) is 73.7 Å². The number of carbonyl (C=O) groups excluding carboxylic acids is 2. The summed E-state index contributed by atoms with van der Waals surface area (Å²) in [7, 11) is -4.12. The van der Waals surface area contributed by atoms with Gasteiger partial charge in [-0.05, 0) is 74.4 Å². The third-order valence-corrected chi connectivity index (χ3v) is 8.45. The van der Waals surface area contributed by atoms with Crippen molar-refractivity contribution >= 4 is 50.7 Å². The third-order valence-electron chi connectivity index (χ3n) is 6.16. The summed E-state index contributed by atoms with van der Waals surface area (Å²) in [6.45, 7) is 5.03. The second-order valence-electron chi connectivity index (χ2n) is 8.94. The van der Waals surface area contributed by atoms with Gasteiger partial charge < -0.3 is 10.2 Å². The van der Waals surface area contributed by atoms with Gasteiger partial charge in [-0.1, -0.05) is 60.5 Å². The monoisotopic (exact) mass is 575 g/mol. The van der Waals surface area contributed by atoms with Crippen LogP contribution in [0, 0.1) is 0 Å². The van der Waals surface area contributed by atoms with Gasteiger partial charge in [0.05, 0.1) is 10.6 Å². The highest BCUT2D eigenvalue weighted by Crippen LogP contribution is 2.26. The molecule has 0 spiro atoms. The molecule has 0 bridgehead atoms. The van der Waals surface area contributed by atoms with Crippen LogP contribution < -0.4 is 9.62 Å². The summed E-state index contributed by atoms with van der Waals surface area (Å²) in [5.41, 5.74) is 1.02. The summed E-state index contributed by atoms with van der Waals surface area (Å²) in [4.78, 5) is 28.3. The molecule has 2 atom stereocenters. The smallest absolute Gasteiger partial charge is 0.264 e. The number of halogens is 2. The summed E-state index contributed by atoms with van der Waals surface area (Å²) in [5.74, 6) is -0.869. The van der Waals surface area contributed by atoms with Crippen molar-refractivity contribution < 1.29 is 18.0 Å². The molecule has 3 aromatic carbocycles. The number of rotatable bonds is 11. The zero-order valence-electron chi connectivity index (χ0n) is 21.5. The van der Waals surface area contributed by atoms with Crippen LogP contribution >= 0.6 is 23.2 Å². The average Bonchev–Trinajstić information content (AvgIpc) is 2.91. The maximum absolute atomic E-state index is 13.8. The van der Waals surface area contributed by atoms with E-state index in [0.29, 0.717) is 10.0 Å². The fourth-order valence-corrected chi connectivity index (χ4v) is 5.38. The number of anilines is 1. The van der Waals surface area contributed by atoms with E-state index in [1.165, 1.54) is 17.0 Å². The minimum absolute atomic E-state index is 0.0366. The van der Waals surface area contributed by atoms with E-state index in [9.17, 15) is 18.0 Å². The first-order valence-corrected chi connectivity index (χ1v) is 14.4. The molecule has 0 fully saturated rings. The zero-order chi connectivity index (χ0) is 27.9. The molecule has 7 nitrogen and oxygen atoms in total. The summed E-state index contributed by atoms with van der Waals surface area (Å²) < 4.78 is 28.4. The van der Waals surface area contributed by atoms with E-state index in [1.807, 2.05) is 13.8 Å². The second kappa shape index (κ2) is 13.1. The molecule has 10 heteroatoms. The first-order valence-electron chi connectivity index (χ1n) is 12.2. The average molecular weight is 577 g/mol. The number of amides is 2. The van der Waals surface area contributed by atoms with Crippen molar-refractivity contribution in [3.63, 3.8) is 0 Å². The molecule has 2 amide bonds. The molecule has 0 aliphatic rings. The minimum atomic E-state index is -4.12. The molecule has 0 saturated heterocycles. The lowest BCUT2D eigenvalue weighted by atomic mass is 10.1. The van der Waals surface area contributed by atoms with Gasteiger partial charge in [0.25, 0.3) is 10.0 Å². The molecule has 0 aliphatic heterocycles. The van der Waals surface area contributed by atoms with Gasteiger partial charge in [0.2, 0.25) is 11.8 Å². The van der Waals surface area contributed by atoms with Crippen molar-refractivity contribution in [1.29, 1.82) is 0 Å². The van der Waals surface area contributed by atoms with E-state index in [4.69, 9.17) is 23.2 Å². The lowest BCUT2D eigenvalue weighted by Gasteiger charge is -2.32. The Labute approximate surface area is 234 Å². The van der Waals surface area contributed by atoms with Crippen LogP contribution in [0.3, 0.4) is 0 Å². The van der Waals surface area contributed by atoms with Crippen molar-refractivity contribution in [2.24, 2.45) is 0 Å². The van der Waals surface area contributed by atoms with Crippen LogP contribution in [0.15, 0.2) is 83.8 Å². The number of nitrogens with one attached hydrogen (secondary N) is 1. The Morgan fingerprint density at radius 2 is 1.42 bits per heavy atom. The fraction of sp³-hybridized carbons (Fsp3) is 0.286. The molecule has 3 aromatic rings. The van der Waals surface area contributed by atoms with Crippen molar-refractivity contribution in [3.05, 3.63) is 94.5 Å². The van der Waals surface area contributed by atoms with Gasteiger partial charge in [-0.3, -0.25) is 13.9 Å². The van der Waals surface area contributed by atoms with Crippen molar-refractivity contribution in [1.82, 2.24) is 10.2 Å². The zero-order valence-corrected chi connectivity index (χ0v) is 23.8. The molecular formula is C28H31Cl2N3O4S. The molecule has 3 rings (SSSR count). The van der Waals surface area contributed by atoms with Gasteiger partial charge in [-0.25, -0.2) is 8.42 Å². The Balaban J connectivity index is 2.00. The molecule has 0 heterocycles. The maximum Gasteiger partial charge on any atom is 0.264 e. The number of sulfonamides is 1. The third kappa shape index (κ3) is 7.49. The Hall–Kier alpha value is -3.07. The Bertz CT molecular complexity index is 1330. The standard InChI is InChI=1S/C28H31Cl2N3O4S/c1-4-20(2)31-28(35)21(3)32(18-22-10-12-23(29)13-11-22)27(34)19-33(25-16-14-24(30)15-17-25)38(36,37)26-8-6-5-7-9-26/h5-17,20-21H,4,18-19H2,1-3H3,(H,31,35). The molecule has 2 unspecified atom stereocenters. The molecule has 38 heavy (non-hydrogen) atoms. The number of hydrogen-bond acceptors (Lipinski definition) is 4. The molecular weight excluding hydrogens is 545 g/mol. The number of benzene rings is 3. The lowest BCUT2D eigenvalue weighted by Crippen LogP contribution is -2.52. The fourth-order valence-electron chi connectivity index (χ4n) is 3.69. The van der Waals surface area contributed by atoms with Crippen molar-refractivity contribution in [2.75, 3.05) is 10.8 Å². The van der Waals surface area contributed by atoms with E-state index < -0.39 is 28.5 Å². The largest absolute Gasteiger partial charge is 0.352 e. The van der Waals surface area contributed by atoms with Crippen LogP contribution in [0.25, 0.3) is 0 Å². The number of hydrogen-bond donors (Lipinski definition) is 1. The van der Waals surface area contributed by atoms with Gasteiger partial charge in [0.15, 0.2) is 0 Å². The predicted molar refractivity (Wildman–Crippen MR) is 152 cm³/mol. The van der Waals surface area contributed by atoms with Gasteiger partial charge in [0.1, 0.15) is 12.6 Å². The topological polar surface area (TPSA) is 86.8 Å². The summed E-state index contributed by atoms with van der Waals surface area (Å²) in [6.07, 6.45) is 0.725. The summed E-state index contributed by atoms with van der Waals surface area (Å²) in [6, 6.07) is 20.1. The Kier molecular flexibility index (Phi) is 10.2. The van der Waals surface area contributed by atoms with Crippen LogP contribution in [-0.4, -0.2) is 43.8 Å². The van der Waals surface area contributed by atoms with Crippen LogP contribution in [-0.2, 0) is 26.2 Å². The normalized spacial score (nSPS) is 12.9. The van der Waals surface area contributed by atoms with E-state index in [0.717, 1.165) is 16.3 Å². The van der Waals surface area contributed by atoms with Gasteiger partial charge in [-0.15, -0.1) is 0 Å². The molecule has 202 valence electrons. The lowest BCUT2D eigenvalue weighted by molar-refractivity contribution is -0.139. The van der Waals surface area contributed by atoms with Crippen LogP contribution in [0.5, 0.6) is 0 Å². The number of nitrogens with zero attached hydrogens (tertiary/aromatic N) is 2. The van der Waals surface area contributed by atoms with Crippen molar-refractivity contribution in [2.45, 2.75) is 50.7 Å². The highest BCUT2D eigenvalue weighted by atomic mass is 35.5. The SMILES string of the molecule is CCC(C)NC(=O)C(C)N(Cc1ccc(Cl)cc1)C(=O)CN(c1ccc(Cl)cc1)S(=O)(=O)c1ccccc1. The molecule has 0 saturated carbocycles. The Morgan fingerprint density at radius 3 is 1.97 bits per heavy atom. The van der Waals surface area contributed by atoms with E-state index in [2.05, 4.69) is 5.32 Å². The molecule has 1 N–H and O–H groups in total. The quantitative estimate of drug-likeness (QED) is 0.326. The summed E-state index contributed by atoms with van der Waals surface area (Å²) in [5, 5.41) is 3.87. The predicted octanol–water partition coefficient (Wildman–Crippen LogP) is 5.52. The Morgan fingerprint density at radius 1 is 0.868 bits per heavy atom. The summed E-state index contributed by atoms with van der Waals surface area (Å²) >= 11 is 12.1. The second-order valence-corrected chi connectivity index (χ2v) is 11.7. The maximum atomic E-state index is 13.8. The van der Waals surface area contributed by atoms with Crippen molar-refractivity contribution in [3.8, 4) is 0 Å². The highest BCUT2D eigenvalue weighted by Gasteiger charge is 2.32. The molecule has 0 aromatic heterocycles. The molecule has 0 aliphatic carbocycles. The highest BCUT2D eigenvalue weighted by molar-refractivity contribution is 7.92. The first kappa shape index (κ1) is 29.5. The van der Waals surface area contributed by atoms with Crippen LogP contribution in [0.2, 0.25) is 10.0 Å². The van der Waals surface area contributed by atoms with Crippen LogP contribution in [0.4, 0.5) is 5.69 Å². The van der Waals surface area contributed by atoms with Crippen LogP contribution in [0.1, 0.15) is 32.8 Å². The van der Waals surface area contributed by atoms with Gasteiger partial charge >= 0.3 is 0 Å². The number of carbonyl (C=O) groups is 2. The van der Waals surface area contributed by atoms with Gasteiger partial charge in [-0.2, -0.15) is 0 Å². The molecule has 0 radical (unpaired) electrons. The van der Waals surface area contributed by atoms with E-state index >= 15 is 0 Å². The minimum Gasteiger partial charge on any atom is -0.352 e.